The molecule has 1 heterocycles. The normalized spacial score (nSPS) is 19.6. The number of halogens is 1. The van der Waals surface area contributed by atoms with Gasteiger partial charge in [-0.3, -0.25) is 0 Å². The molecule has 1 aliphatic heterocycles. The monoisotopic (exact) mass is 281 g/mol. The second kappa shape index (κ2) is 5.80. The maximum atomic E-state index is 11.5. The van der Waals surface area contributed by atoms with Crippen LogP contribution in [-0.4, -0.2) is 36.7 Å². The van der Waals surface area contributed by atoms with Gasteiger partial charge in [0.25, 0.3) is 0 Å². The Kier molecular flexibility index (Phi) is 4.32. The van der Waals surface area contributed by atoms with Crippen LogP contribution in [0.25, 0.3) is 0 Å². The molecule has 2 rings (SSSR count). The van der Waals surface area contributed by atoms with Crippen molar-refractivity contribution in [1.29, 1.82) is 0 Å². The number of hydrogen-bond donors (Lipinski definition) is 0. The Balaban J connectivity index is 2.34. The molecule has 0 spiro atoms. The van der Waals surface area contributed by atoms with Gasteiger partial charge in [-0.2, -0.15) is 0 Å². The van der Waals surface area contributed by atoms with E-state index in [1.165, 1.54) is 4.90 Å². The maximum absolute atomic E-state index is 11.5. The van der Waals surface area contributed by atoms with Gasteiger partial charge in [-0.25, -0.2) is 0 Å². The number of carbonyl (C=O) groups excluding carboxylic acids is 1. The summed E-state index contributed by atoms with van der Waals surface area (Å²) in [6.45, 7) is 6.51. The van der Waals surface area contributed by atoms with Crippen LogP contribution >= 0.6 is 11.6 Å². The van der Waals surface area contributed by atoms with Crippen molar-refractivity contribution < 1.29 is 9.90 Å². The Labute approximate surface area is 118 Å². The molecule has 0 saturated carbocycles. The van der Waals surface area contributed by atoms with E-state index in [-0.39, 0.29) is 6.04 Å². The van der Waals surface area contributed by atoms with Gasteiger partial charge in [-0.15, -0.1) is 0 Å². The fourth-order valence-electron chi connectivity index (χ4n) is 2.66. The average molecular weight is 282 g/mol. The molecule has 1 aromatic carbocycles. The molecule has 1 unspecified atom stereocenters. The standard InChI is InChI=1S/C14H19ClN2O2/c1-3-16-8-7-11(9-16)17(14(18)19)13-10(2)5-4-6-12(13)15/h4-6,11H,3,7-9H2,1-2H3,(H,18,19)/p-1. The molecule has 1 aromatic rings. The lowest BCUT2D eigenvalue weighted by Crippen LogP contribution is -2.49. The number of aryl methyl sites for hydroxylation is 1. The molecule has 4 nitrogen and oxygen atoms in total. The molecule has 0 aromatic heterocycles. The highest BCUT2D eigenvalue weighted by Gasteiger charge is 2.29. The van der Waals surface area contributed by atoms with Gasteiger partial charge < -0.3 is 19.7 Å². The van der Waals surface area contributed by atoms with Gasteiger partial charge in [0.2, 0.25) is 0 Å². The smallest absolute Gasteiger partial charge is 0.141 e. The zero-order valence-electron chi connectivity index (χ0n) is 11.2. The van der Waals surface area contributed by atoms with E-state index in [1.54, 1.807) is 6.07 Å². The Hall–Kier alpha value is -1.26. The van der Waals surface area contributed by atoms with Crippen molar-refractivity contribution in [3.8, 4) is 0 Å². The number of nitrogens with zero attached hydrogens (tertiary/aromatic N) is 2. The summed E-state index contributed by atoms with van der Waals surface area (Å²) in [5.74, 6) is 0. The summed E-state index contributed by atoms with van der Waals surface area (Å²) >= 11 is 6.17. The number of benzene rings is 1. The predicted octanol–water partition coefficient (Wildman–Crippen LogP) is 1.89. The van der Waals surface area contributed by atoms with Crippen LogP contribution in [0.3, 0.4) is 0 Å². The SMILES string of the molecule is CCN1CCC(N(C(=O)[O-])c2c(C)cccc2Cl)C1. The minimum absolute atomic E-state index is 0.0800. The van der Waals surface area contributed by atoms with Crippen LogP contribution in [0.5, 0.6) is 0 Å². The van der Waals surface area contributed by atoms with E-state index in [4.69, 9.17) is 11.6 Å². The van der Waals surface area contributed by atoms with Crippen LogP contribution in [0.4, 0.5) is 10.5 Å². The first-order chi connectivity index (χ1) is 9.04. The highest BCUT2D eigenvalue weighted by molar-refractivity contribution is 6.34. The van der Waals surface area contributed by atoms with Crippen LogP contribution in [0.1, 0.15) is 18.9 Å². The molecular formula is C14H18ClN2O2-. The number of rotatable bonds is 3. The lowest BCUT2D eigenvalue weighted by atomic mass is 10.1. The average Bonchev–Trinajstić information content (AvgIpc) is 2.81. The first kappa shape index (κ1) is 14.2. The predicted molar refractivity (Wildman–Crippen MR) is 74.6 cm³/mol. The molecule has 1 fully saturated rings. The van der Waals surface area contributed by atoms with E-state index in [1.807, 2.05) is 19.1 Å². The van der Waals surface area contributed by atoms with Gasteiger partial charge in [0.15, 0.2) is 0 Å². The second-order valence-corrected chi connectivity index (χ2v) is 5.28. The van der Waals surface area contributed by atoms with E-state index in [0.717, 1.165) is 31.6 Å². The Morgan fingerprint density at radius 1 is 1.58 bits per heavy atom. The lowest BCUT2D eigenvalue weighted by molar-refractivity contribution is -0.247. The summed E-state index contributed by atoms with van der Waals surface area (Å²) in [4.78, 5) is 15.1. The van der Waals surface area contributed by atoms with Crippen LogP contribution in [0.2, 0.25) is 5.02 Å². The summed E-state index contributed by atoms with van der Waals surface area (Å²) < 4.78 is 0. The zero-order chi connectivity index (χ0) is 14.0. The van der Waals surface area contributed by atoms with Crippen LogP contribution in [0, 0.1) is 6.92 Å². The van der Waals surface area contributed by atoms with Crippen molar-refractivity contribution in [2.24, 2.45) is 0 Å². The minimum atomic E-state index is -1.18. The number of carbonyl (C=O) groups is 1. The number of likely N-dealkylation sites (N-methyl/N-ethyl adjacent to an activating group) is 1. The third kappa shape index (κ3) is 2.85. The van der Waals surface area contributed by atoms with E-state index in [9.17, 15) is 9.90 Å². The first-order valence-corrected chi connectivity index (χ1v) is 6.90. The van der Waals surface area contributed by atoms with Gasteiger partial charge in [0.05, 0.1) is 10.7 Å². The quantitative estimate of drug-likeness (QED) is 0.850. The van der Waals surface area contributed by atoms with Crippen molar-refractivity contribution in [3.05, 3.63) is 28.8 Å². The molecule has 0 N–H and O–H groups in total. The summed E-state index contributed by atoms with van der Waals surface area (Å²) in [7, 11) is 0. The molecule has 1 saturated heterocycles. The van der Waals surface area contributed by atoms with Crippen LogP contribution in [-0.2, 0) is 0 Å². The van der Waals surface area contributed by atoms with E-state index < -0.39 is 6.09 Å². The molecule has 1 aliphatic rings. The zero-order valence-corrected chi connectivity index (χ0v) is 12.0. The fourth-order valence-corrected chi connectivity index (χ4v) is 2.97. The highest BCUT2D eigenvalue weighted by atomic mass is 35.5. The Morgan fingerprint density at radius 3 is 2.84 bits per heavy atom. The number of anilines is 1. The number of para-hydroxylation sites is 1. The highest BCUT2D eigenvalue weighted by Crippen LogP contribution is 2.32. The molecule has 1 amide bonds. The Bertz CT molecular complexity index is 458. The fraction of sp³-hybridized carbons (Fsp3) is 0.500. The van der Waals surface area contributed by atoms with Crippen molar-refractivity contribution in [2.45, 2.75) is 26.3 Å². The van der Waals surface area contributed by atoms with E-state index in [2.05, 4.69) is 11.8 Å². The van der Waals surface area contributed by atoms with Crippen molar-refractivity contribution in [1.82, 2.24) is 4.90 Å². The molecular weight excluding hydrogens is 264 g/mol. The number of hydrogen-bond acceptors (Lipinski definition) is 3. The molecule has 0 radical (unpaired) electrons. The minimum Gasteiger partial charge on any atom is -0.530 e. The summed E-state index contributed by atoms with van der Waals surface area (Å²) in [5.41, 5.74) is 1.42. The number of likely N-dealkylation sites (tertiary alicyclic amines) is 1. The second-order valence-electron chi connectivity index (χ2n) is 4.88. The van der Waals surface area contributed by atoms with Gasteiger partial charge >= 0.3 is 0 Å². The van der Waals surface area contributed by atoms with E-state index >= 15 is 0 Å². The third-order valence-corrected chi connectivity index (χ3v) is 3.99. The molecule has 5 heteroatoms. The first-order valence-electron chi connectivity index (χ1n) is 6.52. The van der Waals surface area contributed by atoms with Crippen LogP contribution in [0.15, 0.2) is 18.2 Å². The molecule has 104 valence electrons. The summed E-state index contributed by atoms with van der Waals surface area (Å²) in [5, 5.41) is 12.0. The van der Waals surface area contributed by atoms with Crippen molar-refractivity contribution in [2.75, 3.05) is 24.5 Å². The topological polar surface area (TPSA) is 46.6 Å². The maximum Gasteiger partial charge on any atom is 0.141 e. The number of amides is 1. The van der Waals surface area contributed by atoms with E-state index in [0.29, 0.717) is 10.7 Å². The van der Waals surface area contributed by atoms with Crippen molar-refractivity contribution in [3.63, 3.8) is 0 Å². The van der Waals surface area contributed by atoms with Gasteiger partial charge in [0, 0.05) is 19.1 Å². The molecule has 0 bridgehead atoms. The molecule has 0 aliphatic carbocycles. The van der Waals surface area contributed by atoms with Gasteiger partial charge in [-0.1, -0.05) is 30.7 Å². The largest absolute Gasteiger partial charge is 0.530 e. The van der Waals surface area contributed by atoms with Gasteiger partial charge in [-0.05, 0) is 31.5 Å². The van der Waals surface area contributed by atoms with Gasteiger partial charge in [0.1, 0.15) is 6.09 Å². The molecule has 19 heavy (non-hydrogen) atoms. The summed E-state index contributed by atoms with van der Waals surface area (Å²) in [6, 6.07) is 5.32. The lowest BCUT2D eigenvalue weighted by Gasteiger charge is -2.33. The Morgan fingerprint density at radius 2 is 2.32 bits per heavy atom. The third-order valence-electron chi connectivity index (χ3n) is 3.69. The van der Waals surface area contributed by atoms with Crippen LogP contribution < -0.4 is 10.0 Å². The van der Waals surface area contributed by atoms with Crippen molar-refractivity contribution >= 4 is 23.4 Å². The summed E-state index contributed by atoms with van der Waals surface area (Å²) in [6.07, 6.45) is -0.369. The molecule has 1 atom stereocenters. The number of carboxylic acid groups (broad SMARTS) is 1.